The maximum Gasteiger partial charge on any atom is 0.251 e. The van der Waals surface area contributed by atoms with E-state index in [0.717, 1.165) is 0 Å². The first-order valence-electron chi connectivity index (χ1n) is 8.29. The molecule has 8 heteroatoms. The Bertz CT molecular complexity index is 879. The van der Waals surface area contributed by atoms with Crippen LogP contribution in [0.1, 0.15) is 22.1 Å². The Morgan fingerprint density at radius 1 is 1.07 bits per heavy atom. The first-order chi connectivity index (χ1) is 13.1. The summed E-state index contributed by atoms with van der Waals surface area (Å²) in [7, 11) is 0. The molecule has 0 aliphatic carbocycles. The fourth-order valence-corrected chi connectivity index (χ4v) is 2.34. The zero-order valence-corrected chi connectivity index (χ0v) is 15.4. The van der Waals surface area contributed by atoms with E-state index < -0.39 is 0 Å². The number of halogens is 1. The summed E-state index contributed by atoms with van der Waals surface area (Å²) in [6, 6.07) is 13.9. The molecule has 0 bridgehead atoms. The monoisotopic (exact) mass is 387 g/mol. The van der Waals surface area contributed by atoms with Crippen LogP contribution in [0.3, 0.4) is 0 Å². The van der Waals surface area contributed by atoms with Gasteiger partial charge in [0.15, 0.2) is 6.61 Å². The van der Waals surface area contributed by atoms with E-state index >= 15 is 0 Å². The fraction of sp³-hybridized carbons (Fsp3) is 0.211. The fourth-order valence-electron chi connectivity index (χ4n) is 2.22. The molecule has 3 aromatic rings. The van der Waals surface area contributed by atoms with Crippen LogP contribution >= 0.6 is 11.6 Å². The van der Waals surface area contributed by atoms with Gasteiger partial charge in [0.25, 0.3) is 5.91 Å². The predicted octanol–water partition coefficient (Wildman–Crippen LogP) is 3.42. The molecule has 0 saturated carbocycles. The Kier molecular flexibility index (Phi) is 6.27. The number of nitrogens with zero attached hydrogens (tertiary/aromatic N) is 2. The molecule has 1 N–H and O–H groups in total. The number of ether oxygens (including phenoxy) is 2. The number of amides is 1. The molecule has 140 valence electrons. The zero-order valence-electron chi connectivity index (χ0n) is 14.6. The number of aryl methyl sites for hydroxylation is 1. The molecule has 0 atom stereocenters. The van der Waals surface area contributed by atoms with Crippen LogP contribution < -0.4 is 14.8 Å². The van der Waals surface area contributed by atoms with Gasteiger partial charge in [-0.1, -0.05) is 16.8 Å². The molecule has 0 radical (unpaired) electrons. The number of hydrogen-bond acceptors (Lipinski definition) is 6. The molecule has 0 fully saturated rings. The number of benzene rings is 2. The number of aromatic nitrogens is 2. The van der Waals surface area contributed by atoms with Crippen LogP contribution in [-0.4, -0.2) is 29.2 Å². The lowest BCUT2D eigenvalue weighted by Crippen LogP contribution is -2.28. The normalized spacial score (nSPS) is 10.4. The molecule has 3 rings (SSSR count). The van der Waals surface area contributed by atoms with Gasteiger partial charge in [-0.15, -0.1) is 0 Å². The standard InChI is InChI=1S/C19H18ClN3O4/c1-13-22-18(23-27-13)12-26-17-6-2-14(3-7-17)19(24)21-10-11-25-16-8-4-15(20)5-9-16/h2-9H,10-12H2,1H3,(H,21,24). The van der Waals surface area contributed by atoms with Crippen molar-refractivity contribution >= 4 is 17.5 Å². The van der Waals surface area contributed by atoms with Crippen LogP contribution in [0.25, 0.3) is 0 Å². The van der Waals surface area contributed by atoms with Gasteiger partial charge >= 0.3 is 0 Å². The lowest BCUT2D eigenvalue weighted by atomic mass is 10.2. The Balaban J connectivity index is 1.41. The maximum absolute atomic E-state index is 12.1. The van der Waals surface area contributed by atoms with E-state index in [2.05, 4.69) is 15.5 Å². The van der Waals surface area contributed by atoms with Crippen molar-refractivity contribution in [1.29, 1.82) is 0 Å². The van der Waals surface area contributed by atoms with Crippen molar-refractivity contribution in [2.75, 3.05) is 13.2 Å². The summed E-state index contributed by atoms with van der Waals surface area (Å²) in [5, 5.41) is 7.20. The van der Waals surface area contributed by atoms with Gasteiger partial charge in [0, 0.05) is 17.5 Å². The lowest BCUT2D eigenvalue weighted by Gasteiger charge is -2.08. The third-order valence-corrected chi connectivity index (χ3v) is 3.78. The summed E-state index contributed by atoms with van der Waals surface area (Å²) in [6.45, 7) is 2.66. The summed E-state index contributed by atoms with van der Waals surface area (Å²) in [4.78, 5) is 16.2. The summed E-state index contributed by atoms with van der Waals surface area (Å²) >= 11 is 5.81. The highest BCUT2D eigenvalue weighted by molar-refractivity contribution is 6.30. The van der Waals surface area contributed by atoms with Crippen molar-refractivity contribution < 1.29 is 18.8 Å². The van der Waals surface area contributed by atoms with Crippen LogP contribution in [0.15, 0.2) is 53.1 Å². The van der Waals surface area contributed by atoms with Gasteiger partial charge in [0.1, 0.15) is 18.1 Å². The summed E-state index contributed by atoms with van der Waals surface area (Å²) in [5.41, 5.74) is 0.532. The van der Waals surface area contributed by atoms with Crippen molar-refractivity contribution in [3.8, 4) is 11.5 Å². The molecule has 1 amide bonds. The molecule has 0 saturated heterocycles. The number of nitrogens with one attached hydrogen (secondary N) is 1. The van der Waals surface area contributed by atoms with Gasteiger partial charge in [0.05, 0.1) is 6.54 Å². The second-order valence-electron chi connectivity index (χ2n) is 5.60. The van der Waals surface area contributed by atoms with E-state index in [1.165, 1.54) is 0 Å². The molecular weight excluding hydrogens is 370 g/mol. The third-order valence-electron chi connectivity index (χ3n) is 3.52. The van der Waals surface area contributed by atoms with E-state index in [0.29, 0.717) is 47.0 Å². The van der Waals surface area contributed by atoms with Crippen molar-refractivity contribution in [2.45, 2.75) is 13.5 Å². The van der Waals surface area contributed by atoms with Gasteiger partial charge in [-0.05, 0) is 48.5 Å². The second kappa shape index (κ2) is 9.05. The summed E-state index contributed by atoms with van der Waals surface area (Å²) in [5.74, 6) is 2.08. The molecule has 7 nitrogen and oxygen atoms in total. The molecule has 1 aromatic heterocycles. The van der Waals surface area contributed by atoms with Gasteiger partial charge in [-0.2, -0.15) is 4.98 Å². The largest absolute Gasteiger partial charge is 0.492 e. The minimum Gasteiger partial charge on any atom is -0.492 e. The number of rotatable bonds is 8. The van der Waals surface area contributed by atoms with E-state index in [1.54, 1.807) is 55.5 Å². The summed E-state index contributed by atoms with van der Waals surface area (Å²) in [6.07, 6.45) is 0. The molecule has 0 spiro atoms. The minimum absolute atomic E-state index is 0.185. The van der Waals surface area contributed by atoms with Gasteiger partial charge in [-0.25, -0.2) is 0 Å². The van der Waals surface area contributed by atoms with Crippen LogP contribution in [0.2, 0.25) is 5.02 Å². The van der Waals surface area contributed by atoms with Gasteiger partial charge in [0.2, 0.25) is 11.7 Å². The molecule has 0 unspecified atom stereocenters. The Labute approximate surface area is 161 Å². The Morgan fingerprint density at radius 2 is 1.74 bits per heavy atom. The minimum atomic E-state index is -0.185. The average Bonchev–Trinajstić information content (AvgIpc) is 3.10. The van der Waals surface area contributed by atoms with Gasteiger partial charge < -0.3 is 19.3 Å². The van der Waals surface area contributed by atoms with Gasteiger partial charge in [-0.3, -0.25) is 4.79 Å². The zero-order chi connectivity index (χ0) is 19.1. The summed E-state index contributed by atoms with van der Waals surface area (Å²) < 4.78 is 16.0. The second-order valence-corrected chi connectivity index (χ2v) is 6.04. The van der Waals surface area contributed by atoms with E-state index in [1.807, 2.05) is 0 Å². The van der Waals surface area contributed by atoms with E-state index in [4.69, 9.17) is 25.6 Å². The maximum atomic E-state index is 12.1. The molecule has 1 heterocycles. The van der Waals surface area contributed by atoms with Crippen LogP contribution in [0, 0.1) is 6.92 Å². The highest BCUT2D eigenvalue weighted by atomic mass is 35.5. The van der Waals surface area contributed by atoms with E-state index in [-0.39, 0.29) is 12.5 Å². The Morgan fingerprint density at radius 3 is 2.41 bits per heavy atom. The number of hydrogen-bond donors (Lipinski definition) is 1. The molecular formula is C19H18ClN3O4. The topological polar surface area (TPSA) is 86.5 Å². The molecule has 0 aliphatic heterocycles. The molecule has 0 aliphatic rings. The number of carbonyl (C=O) groups excluding carboxylic acids is 1. The van der Waals surface area contributed by atoms with Crippen molar-refractivity contribution in [2.24, 2.45) is 0 Å². The van der Waals surface area contributed by atoms with Crippen LogP contribution in [0.5, 0.6) is 11.5 Å². The Hall–Kier alpha value is -3.06. The first-order valence-corrected chi connectivity index (χ1v) is 8.66. The van der Waals surface area contributed by atoms with Crippen LogP contribution in [-0.2, 0) is 6.61 Å². The number of carbonyl (C=O) groups is 1. The SMILES string of the molecule is Cc1nc(COc2ccc(C(=O)NCCOc3ccc(Cl)cc3)cc2)no1. The van der Waals surface area contributed by atoms with E-state index in [9.17, 15) is 4.79 Å². The predicted molar refractivity (Wildman–Crippen MR) is 99.1 cm³/mol. The van der Waals surface area contributed by atoms with Crippen molar-refractivity contribution in [1.82, 2.24) is 15.5 Å². The quantitative estimate of drug-likeness (QED) is 0.596. The average molecular weight is 388 g/mol. The first kappa shape index (κ1) is 18.7. The molecule has 2 aromatic carbocycles. The smallest absolute Gasteiger partial charge is 0.251 e. The van der Waals surface area contributed by atoms with Crippen molar-refractivity contribution in [3.63, 3.8) is 0 Å². The third kappa shape index (κ3) is 5.72. The highest BCUT2D eigenvalue weighted by Gasteiger charge is 2.07. The molecule has 27 heavy (non-hydrogen) atoms. The lowest BCUT2D eigenvalue weighted by molar-refractivity contribution is 0.0947. The highest BCUT2D eigenvalue weighted by Crippen LogP contribution is 2.15. The van der Waals surface area contributed by atoms with Crippen molar-refractivity contribution in [3.05, 3.63) is 70.8 Å². The van der Waals surface area contributed by atoms with Crippen LogP contribution in [0.4, 0.5) is 0 Å².